The van der Waals surface area contributed by atoms with Crippen molar-refractivity contribution in [3.05, 3.63) is 90.0 Å². The summed E-state index contributed by atoms with van der Waals surface area (Å²) in [6.07, 6.45) is 0.189. The van der Waals surface area contributed by atoms with Crippen molar-refractivity contribution in [3.8, 4) is 0 Å². The van der Waals surface area contributed by atoms with Crippen LogP contribution in [0.2, 0.25) is 0 Å². The fraction of sp³-hybridized carbons (Fsp3) is 0.622. The summed E-state index contributed by atoms with van der Waals surface area (Å²) >= 11 is 0. The monoisotopic (exact) mass is 982 g/mol. The second-order valence-electron chi connectivity index (χ2n) is 15.7. The Balaban J connectivity index is 1.58. The van der Waals surface area contributed by atoms with Gasteiger partial charge in [-0.3, -0.25) is 20.2 Å². The van der Waals surface area contributed by atoms with E-state index in [9.17, 15) is 70.5 Å². The Bertz CT molecular complexity index is 2090. The van der Waals surface area contributed by atoms with Crippen LogP contribution in [-0.4, -0.2) is 140 Å². The van der Waals surface area contributed by atoms with Gasteiger partial charge in [0.1, 0.15) is 49.6 Å². The third-order valence-electron chi connectivity index (χ3n) is 10.5. The minimum atomic E-state index is -2.70. The van der Waals surface area contributed by atoms with Crippen molar-refractivity contribution in [3.63, 3.8) is 0 Å². The van der Waals surface area contributed by atoms with Crippen LogP contribution in [0.4, 0.5) is 23.8 Å². The molecule has 32 nitrogen and oxygen atoms in total. The second-order valence-corrected chi connectivity index (χ2v) is 15.7. The topological polar surface area (TPSA) is 420 Å². The summed E-state index contributed by atoms with van der Waals surface area (Å²) in [6, 6.07) is -3.48. The first-order valence-electron chi connectivity index (χ1n) is 21.1. The van der Waals surface area contributed by atoms with Crippen molar-refractivity contribution < 1.29 is 68.7 Å². The van der Waals surface area contributed by atoms with E-state index in [0.717, 1.165) is 56.9 Å². The number of aromatic nitrogens is 8. The summed E-state index contributed by atoms with van der Waals surface area (Å²) in [7, 11) is 0. The predicted molar refractivity (Wildman–Crippen MR) is 229 cm³/mol. The summed E-state index contributed by atoms with van der Waals surface area (Å²) in [4.78, 5) is 84.8. The molecule has 0 bridgehead atoms. The lowest BCUT2D eigenvalue weighted by Gasteiger charge is -2.37. The van der Waals surface area contributed by atoms with E-state index in [1.54, 1.807) is 0 Å². The molecule has 0 aliphatic carbocycles. The van der Waals surface area contributed by atoms with Crippen LogP contribution in [0, 0.1) is 40.5 Å². The van der Waals surface area contributed by atoms with Gasteiger partial charge in [0.2, 0.25) is 11.6 Å². The molecule has 380 valence electrons. The predicted octanol–water partition coefficient (Wildman–Crippen LogP) is 1.41. The summed E-state index contributed by atoms with van der Waals surface area (Å²) in [5.74, 6) is -9.60. The average molecular weight is 983 g/mol. The Hall–Kier alpha value is -6.62. The van der Waals surface area contributed by atoms with E-state index >= 15 is 0 Å². The van der Waals surface area contributed by atoms with Gasteiger partial charge in [-0.1, -0.05) is 19.9 Å². The molecule has 0 amide bonds. The van der Waals surface area contributed by atoms with Crippen molar-refractivity contribution in [2.24, 2.45) is 0 Å². The lowest BCUT2D eigenvalue weighted by Crippen LogP contribution is -2.61. The van der Waals surface area contributed by atoms with E-state index in [1.165, 1.54) is 52.5 Å². The number of carbonyl (C=O) groups is 2. The van der Waals surface area contributed by atoms with Gasteiger partial charge in [0.05, 0.1) is 24.2 Å². The first-order chi connectivity index (χ1) is 32.4. The summed E-state index contributed by atoms with van der Waals surface area (Å²) in [5, 5.41) is 96.1. The van der Waals surface area contributed by atoms with Crippen molar-refractivity contribution in [2.45, 2.75) is 135 Å². The first kappa shape index (κ1) is 55.0. The summed E-state index contributed by atoms with van der Waals surface area (Å²) in [5.41, 5.74) is 0. The number of nitrogens with zero attached hydrogens (tertiary/aromatic N) is 12. The number of hydrogen-bond acceptors (Lipinski definition) is 24. The van der Waals surface area contributed by atoms with E-state index in [2.05, 4.69) is 30.6 Å². The molecule has 4 aromatic heterocycles. The van der Waals surface area contributed by atoms with Crippen LogP contribution in [0.1, 0.15) is 97.8 Å². The molecule has 8 unspecified atom stereocenters. The number of carbonyl (C=O) groups excluding carboxylic acids is 2. The molecule has 0 spiro atoms. The smallest absolute Gasteiger partial charge is 0.390 e. The standard InChI is InChI=1S/C37H54N14O18/c1-22(44-14-10-38-32(44)48(58)59)18-28(54)66-36(26(5)52,67-29(55)19-23(2)45-15-11-39-33(45)49(60)61)42-8-7-9-43-37(27(6)53,68-30(56)20-24(3)46-16-12-40-34(46)50(62)63)69-31(57)21-25(4)47-17-13-41-35(47)51(64)65/h10-17,22-25,28-31,42-43,54-57H,7-9,18-21H2,1-6H3. The van der Waals surface area contributed by atoms with Gasteiger partial charge >= 0.3 is 23.8 Å². The van der Waals surface area contributed by atoms with E-state index in [1.807, 2.05) is 0 Å². The van der Waals surface area contributed by atoms with Crippen LogP contribution in [0.15, 0.2) is 49.6 Å². The maximum atomic E-state index is 13.5. The molecule has 0 radical (unpaired) electrons. The van der Waals surface area contributed by atoms with Gasteiger partial charge < -0.3 is 79.8 Å². The van der Waals surface area contributed by atoms with Gasteiger partial charge in [0.15, 0.2) is 25.2 Å². The average Bonchev–Trinajstić information content (AvgIpc) is 4.09. The first-order valence-corrected chi connectivity index (χ1v) is 21.1. The van der Waals surface area contributed by atoms with Crippen LogP contribution in [-0.2, 0) is 28.5 Å². The molecule has 4 heterocycles. The molecule has 8 atom stereocenters. The van der Waals surface area contributed by atoms with Gasteiger partial charge in [-0.05, 0) is 53.8 Å². The molecule has 0 saturated heterocycles. The van der Waals surface area contributed by atoms with Gasteiger partial charge in [-0.25, -0.2) is 18.3 Å². The number of ketones is 2. The number of hydrogen-bond donors (Lipinski definition) is 6. The normalized spacial score (nSPS) is 17.1. The van der Waals surface area contributed by atoms with Crippen LogP contribution >= 0.6 is 0 Å². The van der Waals surface area contributed by atoms with E-state index in [-0.39, 0.29) is 19.5 Å². The third-order valence-corrected chi connectivity index (χ3v) is 10.5. The van der Waals surface area contributed by atoms with Crippen molar-refractivity contribution >= 4 is 35.4 Å². The van der Waals surface area contributed by atoms with Gasteiger partial charge in [-0.2, -0.15) is 0 Å². The Morgan fingerprint density at radius 1 is 0.522 bits per heavy atom. The van der Waals surface area contributed by atoms with Crippen molar-refractivity contribution in [1.82, 2.24) is 48.8 Å². The molecule has 0 fully saturated rings. The fourth-order valence-corrected chi connectivity index (χ4v) is 7.14. The maximum absolute atomic E-state index is 13.5. The Labute approximate surface area is 390 Å². The minimum Gasteiger partial charge on any atom is -0.390 e. The highest BCUT2D eigenvalue weighted by molar-refractivity contribution is 5.83. The van der Waals surface area contributed by atoms with Crippen LogP contribution in [0.25, 0.3) is 0 Å². The van der Waals surface area contributed by atoms with Gasteiger partial charge in [0.25, 0.3) is 11.8 Å². The number of aliphatic hydroxyl groups is 4. The molecule has 0 saturated carbocycles. The zero-order valence-corrected chi connectivity index (χ0v) is 38.1. The molecular weight excluding hydrogens is 928 g/mol. The number of ether oxygens (including phenoxy) is 4. The lowest BCUT2D eigenvalue weighted by atomic mass is 10.2. The Kier molecular flexibility index (Phi) is 19.2. The molecule has 32 heteroatoms. The highest BCUT2D eigenvalue weighted by Gasteiger charge is 2.45. The second kappa shape index (κ2) is 24.1. The molecule has 0 aromatic carbocycles. The number of Topliss-reactive ketones (excluding diaryl/α,β-unsaturated/α-hetero) is 2. The zero-order valence-electron chi connectivity index (χ0n) is 38.1. The molecule has 4 aromatic rings. The molecule has 0 aliphatic rings. The molecule has 6 N–H and O–H groups in total. The van der Waals surface area contributed by atoms with Crippen LogP contribution in [0.5, 0.6) is 0 Å². The number of imidazole rings is 4. The van der Waals surface area contributed by atoms with E-state index in [4.69, 9.17) is 18.9 Å². The fourth-order valence-electron chi connectivity index (χ4n) is 7.14. The summed E-state index contributed by atoms with van der Waals surface area (Å²) < 4.78 is 27.5. The Morgan fingerprint density at radius 2 is 0.739 bits per heavy atom. The molecule has 0 aliphatic heterocycles. The SMILES string of the molecule is CC(=O)C(NCCCNC(OC(O)CC(C)n1ccnc1[N+](=O)[O-])(OC(O)CC(C)n1ccnc1[N+](=O)[O-])C(C)=O)(OC(O)CC(C)n1ccnc1[N+](=O)[O-])OC(O)CC(C)n1ccnc1[N+](=O)[O-]. The minimum absolute atomic E-state index is 0.160. The van der Waals surface area contributed by atoms with E-state index < -0.39 is 142 Å². The van der Waals surface area contributed by atoms with Crippen LogP contribution in [0.3, 0.4) is 0 Å². The molecule has 69 heavy (non-hydrogen) atoms. The zero-order chi connectivity index (χ0) is 51.4. The quantitative estimate of drug-likeness (QED) is 0.0174. The van der Waals surface area contributed by atoms with Crippen molar-refractivity contribution in [1.29, 1.82) is 0 Å². The van der Waals surface area contributed by atoms with E-state index in [0.29, 0.717) is 0 Å². The van der Waals surface area contributed by atoms with Gasteiger partial charge in [0, 0.05) is 52.6 Å². The molecule has 4 rings (SSSR count). The van der Waals surface area contributed by atoms with Crippen LogP contribution < -0.4 is 10.6 Å². The Morgan fingerprint density at radius 3 is 0.928 bits per heavy atom. The highest BCUT2D eigenvalue weighted by atomic mass is 16.8. The maximum Gasteiger partial charge on any atom is 0.434 e. The lowest BCUT2D eigenvalue weighted by molar-refractivity contribution is -0.397. The summed E-state index contributed by atoms with van der Waals surface area (Å²) in [6.45, 7) is 7.18. The highest BCUT2D eigenvalue weighted by Crippen LogP contribution is 2.29. The van der Waals surface area contributed by atoms with Gasteiger partial charge in [-0.15, -0.1) is 0 Å². The largest absolute Gasteiger partial charge is 0.434 e. The number of nitro groups is 4. The molecular formula is C37H54N14O18. The third kappa shape index (κ3) is 14.2. The number of aliphatic hydroxyl groups excluding tert-OH is 4. The van der Waals surface area contributed by atoms with Crippen molar-refractivity contribution in [2.75, 3.05) is 13.1 Å². The number of nitrogens with one attached hydrogen (secondary N) is 2. The number of rotatable bonds is 32.